The van der Waals surface area contributed by atoms with Crippen molar-refractivity contribution >= 4 is 5.91 Å². The number of likely N-dealkylation sites (N-methyl/N-ethyl adjacent to an activating group) is 1. The van der Waals surface area contributed by atoms with Gasteiger partial charge in [-0.05, 0) is 46.6 Å². The van der Waals surface area contributed by atoms with E-state index in [2.05, 4.69) is 11.8 Å². The van der Waals surface area contributed by atoms with Crippen molar-refractivity contribution in [1.82, 2.24) is 9.80 Å². The highest BCUT2D eigenvalue weighted by Crippen LogP contribution is 2.21. The molecule has 3 atom stereocenters. The fourth-order valence-electron chi connectivity index (χ4n) is 2.55. The van der Waals surface area contributed by atoms with E-state index in [4.69, 9.17) is 5.73 Å². The first-order valence-corrected chi connectivity index (χ1v) is 6.79. The summed E-state index contributed by atoms with van der Waals surface area (Å²) in [5, 5.41) is 0. The van der Waals surface area contributed by atoms with Gasteiger partial charge < -0.3 is 10.6 Å². The molecule has 0 aliphatic carbocycles. The Balaban J connectivity index is 2.54. The van der Waals surface area contributed by atoms with Gasteiger partial charge in [0.2, 0.25) is 5.91 Å². The zero-order chi connectivity index (χ0) is 13.0. The van der Waals surface area contributed by atoms with E-state index in [-0.39, 0.29) is 18.0 Å². The summed E-state index contributed by atoms with van der Waals surface area (Å²) in [5.74, 6) is 0.794. The number of hydrogen-bond acceptors (Lipinski definition) is 3. The lowest BCUT2D eigenvalue weighted by Gasteiger charge is -2.29. The Kier molecular flexibility index (Phi) is 5.40. The van der Waals surface area contributed by atoms with E-state index in [1.165, 1.54) is 0 Å². The summed E-state index contributed by atoms with van der Waals surface area (Å²) in [6.45, 7) is 11.7. The molecule has 0 spiro atoms. The number of likely N-dealkylation sites (tertiary alicyclic amines) is 1. The number of hydrogen-bond donors (Lipinski definition) is 1. The third kappa shape index (κ3) is 3.42. The van der Waals surface area contributed by atoms with Crippen molar-refractivity contribution in [3.05, 3.63) is 0 Å². The molecule has 1 aliphatic heterocycles. The van der Waals surface area contributed by atoms with Crippen molar-refractivity contribution < 1.29 is 4.79 Å². The van der Waals surface area contributed by atoms with Crippen molar-refractivity contribution in [1.29, 1.82) is 0 Å². The Labute approximate surface area is 105 Å². The monoisotopic (exact) mass is 241 g/mol. The first kappa shape index (κ1) is 14.5. The topological polar surface area (TPSA) is 49.6 Å². The first-order valence-electron chi connectivity index (χ1n) is 6.79. The highest BCUT2D eigenvalue weighted by atomic mass is 16.2. The third-order valence-corrected chi connectivity index (χ3v) is 3.98. The highest BCUT2D eigenvalue weighted by molar-refractivity contribution is 5.81. The summed E-state index contributed by atoms with van der Waals surface area (Å²) in [6.07, 6.45) is 1.12. The van der Waals surface area contributed by atoms with E-state index in [0.717, 1.165) is 32.6 Å². The Bertz CT molecular complexity index is 251. The fourth-order valence-corrected chi connectivity index (χ4v) is 2.55. The molecule has 17 heavy (non-hydrogen) atoms. The highest BCUT2D eigenvalue weighted by Gasteiger charge is 2.32. The molecule has 0 saturated carbocycles. The maximum absolute atomic E-state index is 12.2. The number of rotatable bonds is 5. The molecular weight excluding hydrogens is 214 g/mol. The van der Waals surface area contributed by atoms with Crippen LogP contribution < -0.4 is 5.73 Å². The number of carbonyl (C=O) groups is 1. The van der Waals surface area contributed by atoms with Crippen molar-refractivity contribution in [3.63, 3.8) is 0 Å². The minimum atomic E-state index is -0.00125. The molecule has 1 saturated heterocycles. The molecule has 0 bridgehead atoms. The lowest BCUT2D eigenvalue weighted by Crippen LogP contribution is -2.46. The maximum atomic E-state index is 12.2. The van der Waals surface area contributed by atoms with Crippen LogP contribution in [0.2, 0.25) is 0 Å². The van der Waals surface area contributed by atoms with E-state index in [9.17, 15) is 4.79 Å². The van der Waals surface area contributed by atoms with Gasteiger partial charge in [0, 0.05) is 25.7 Å². The normalized spacial score (nSPS) is 24.6. The summed E-state index contributed by atoms with van der Waals surface area (Å²) in [5.41, 5.74) is 5.93. The average Bonchev–Trinajstić information content (AvgIpc) is 2.78. The first-order chi connectivity index (χ1) is 8.01. The number of carbonyl (C=O) groups excluding carboxylic acids is 1. The summed E-state index contributed by atoms with van der Waals surface area (Å²) in [6, 6.07) is 0.231. The maximum Gasteiger partial charge on any atom is 0.239 e. The van der Waals surface area contributed by atoms with Crippen LogP contribution in [-0.4, -0.2) is 54.0 Å². The smallest absolute Gasteiger partial charge is 0.239 e. The molecule has 4 nitrogen and oxygen atoms in total. The van der Waals surface area contributed by atoms with Crippen molar-refractivity contribution in [2.45, 2.75) is 46.2 Å². The predicted octanol–water partition coefficient (Wildman–Crippen LogP) is 0.912. The minimum absolute atomic E-state index is 0.00125. The van der Waals surface area contributed by atoms with E-state index < -0.39 is 0 Å². The number of amides is 1. The molecule has 1 fully saturated rings. The van der Waals surface area contributed by atoms with Gasteiger partial charge in [-0.3, -0.25) is 9.69 Å². The molecule has 1 heterocycles. The summed E-state index contributed by atoms with van der Waals surface area (Å²) in [7, 11) is 0. The SMILES string of the molecule is CCN(CC)C(=O)C(C)N1CCC(C(C)N)C1. The Hall–Kier alpha value is -0.610. The minimum Gasteiger partial charge on any atom is -0.342 e. The molecule has 100 valence electrons. The van der Waals surface area contributed by atoms with Crippen molar-refractivity contribution in [2.75, 3.05) is 26.2 Å². The Morgan fingerprint density at radius 3 is 2.41 bits per heavy atom. The summed E-state index contributed by atoms with van der Waals surface area (Å²) in [4.78, 5) is 16.4. The summed E-state index contributed by atoms with van der Waals surface area (Å²) >= 11 is 0. The molecule has 0 aromatic carbocycles. The van der Waals surface area contributed by atoms with Gasteiger partial charge in [-0.15, -0.1) is 0 Å². The molecule has 3 unspecified atom stereocenters. The average molecular weight is 241 g/mol. The van der Waals surface area contributed by atoms with Crippen LogP contribution >= 0.6 is 0 Å². The van der Waals surface area contributed by atoms with Gasteiger partial charge in [0.25, 0.3) is 0 Å². The predicted molar refractivity (Wildman–Crippen MR) is 70.7 cm³/mol. The van der Waals surface area contributed by atoms with E-state index in [0.29, 0.717) is 5.92 Å². The van der Waals surface area contributed by atoms with Gasteiger partial charge in [-0.2, -0.15) is 0 Å². The second-order valence-corrected chi connectivity index (χ2v) is 5.09. The van der Waals surface area contributed by atoms with Gasteiger partial charge in [0.1, 0.15) is 0 Å². The van der Waals surface area contributed by atoms with E-state index >= 15 is 0 Å². The second kappa shape index (κ2) is 6.36. The summed E-state index contributed by atoms with van der Waals surface area (Å²) < 4.78 is 0. The molecular formula is C13H27N3O. The molecule has 1 aliphatic rings. The van der Waals surface area contributed by atoms with E-state index in [1.807, 2.05) is 25.7 Å². The lowest BCUT2D eigenvalue weighted by molar-refractivity contribution is -0.135. The third-order valence-electron chi connectivity index (χ3n) is 3.98. The largest absolute Gasteiger partial charge is 0.342 e. The molecule has 1 amide bonds. The number of nitrogens with two attached hydrogens (primary N) is 1. The lowest BCUT2D eigenvalue weighted by atomic mass is 10.0. The van der Waals surface area contributed by atoms with Gasteiger partial charge in [-0.25, -0.2) is 0 Å². The molecule has 1 rings (SSSR count). The van der Waals surface area contributed by atoms with Gasteiger partial charge >= 0.3 is 0 Å². The molecule has 0 radical (unpaired) electrons. The van der Waals surface area contributed by atoms with Crippen LogP contribution in [0.1, 0.15) is 34.1 Å². The van der Waals surface area contributed by atoms with Crippen LogP contribution in [0, 0.1) is 5.92 Å². The van der Waals surface area contributed by atoms with Crippen LogP contribution in [0.3, 0.4) is 0 Å². The van der Waals surface area contributed by atoms with Gasteiger partial charge in [0.05, 0.1) is 6.04 Å². The van der Waals surface area contributed by atoms with Gasteiger partial charge in [-0.1, -0.05) is 0 Å². The van der Waals surface area contributed by atoms with Crippen LogP contribution in [0.25, 0.3) is 0 Å². The molecule has 2 N–H and O–H groups in total. The van der Waals surface area contributed by atoms with Crippen molar-refractivity contribution in [3.8, 4) is 0 Å². The molecule has 4 heteroatoms. The molecule has 0 aromatic heterocycles. The fraction of sp³-hybridized carbons (Fsp3) is 0.923. The quantitative estimate of drug-likeness (QED) is 0.778. The standard InChI is InChI=1S/C13H27N3O/c1-5-15(6-2)13(17)11(4)16-8-7-12(9-16)10(3)14/h10-12H,5-9,14H2,1-4H3. The van der Waals surface area contributed by atoms with Crippen LogP contribution in [0.4, 0.5) is 0 Å². The Morgan fingerprint density at radius 2 is 2.00 bits per heavy atom. The van der Waals surface area contributed by atoms with Crippen LogP contribution in [-0.2, 0) is 4.79 Å². The number of nitrogens with zero attached hydrogens (tertiary/aromatic N) is 2. The molecule has 0 aromatic rings. The zero-order valence-corrected chi connectivity index (χ0v) is 11.6. The zero-order valence-electron chi connectivity index (χ0n) is 11.6. The second-order valence-electron chi connectivity index (χ2n) is 5.09. The van der Waals surface area contributed by atoms with Gasteiger partial charge in [0.15, 0.2) is 0 Å². The van der Waals surface area contributed by atoms with Crippen LogP contribution in [0.5, 0.6) is 0 Å². The van der Waals surface area contributed by atoms with Crippen LogP contribution in [0.15, 0.2) is 0 Å². The van der Waals surface area contributed by atoms with E-state index in [1.54, 1.807) is 0 Å². The van der Waals surface area contributed by atoms with Crippen molar-refractivity contribution in [2.24, 2.45) is 11.7 Å². The Morgan fingerprint density at radius 1 is 1.41 bits per heavy atom.